The summed E-state index contributed by atoms with van der Waals surface area (Å²) in [6, 6.07) is 5.53. The number of nitrogens with zero attached hydrogens (tertiary/aromatic N) is 3. The first-order chi connectivity index (χ1) is 9.72. The van der Waals surface area contributed by atoms with Crippen LogP contribution >= 0.6 is 11.8 Å². The first-order valence-corrected chi connectivity index (χ1v) is 7.71. The molecule has 6 heteroatoms. The number of hydrogen-bond acceptors (Lipinski definition) is 6. The van der Waals surface area contributed by atoms with Gasteiger partial charge in [0, 0.05) is 18.8 Å². The van der Waals surface area contributed by atoms with Crippen LogP contribution in [0.4, 0.5) is 5.82 Å². The first-order valence-electron chi connectivity index (χ1n) is 6.49. The maximum absolute atomic E-state index is 5.81. The van der Waals surface area contributed by atoms with Gasteiger partial charge in [-0.15, -0.1) is 0 Å². The minimum absolute atomic E-state index is 0.527. The average molecular weight is 290 g/mol. The van der Waals surface area contributed by atoms with Crippen LogP contribution in [0.15, 0.2) is 29.6 Å². The second-order valence-corrected chi connectivity index (χ2v) is 4.97. The number of anilines is 1. The van der Waals surface area contributed by atoms with Crippen LogP contribution in [0.25, 0.3) is 0 Å². The van der Waals surface area contributed by atoms with Gasteiger partial charge in [0.2, 0.25) is 5.88 Å². The van der Waals surface area contributed by atoms with E-state index in [9.17, 15) is 0 Å². The van der Waals surface area contributed by atoms with E-state index in [0.717, 1.165) is 24.5 Å². The Bertz CT molecular complexity index is 577. The van der Waals surface area contributed by atoms with E-state index in [4.69, 9.17) is 4.74 Å². The van der Waals surface area contributed by atoms with Crippen molar-refractivity contribution in [1.82, 2.24) is 15.0 Å². The molecule has 0 radical (unpaired) electrons. The van der Waals surface area contributed by atoms with Crippen molar-refractivity contribution in [2.24, 2.45) is 0 Å². The molecule has 2 aromatic rings. The Morgan fingerprint density at radius 1 is 1.35 bits per heavy atom. The van der Waals surface area contributed by atoms with Gasteiger partial charge in [0.1, 0.15) is 5.82 Å². The zero-order valence-electron chi connectivity index (χ0n) is 11.9. The number of thioether (sulfide) groups is 1. The summed E-state index contributed by atoms with van der Waals surface area (Å²) in [7, 11) is 0. The van der Waals surface area contributed by atoms with Gasteiger partial charge in [0.05, 0.1) is 5.69 Å². The Morgan fingerprint density at radius 2 is 2.20 bits per heavy atom. The minimum Gasteiger partial charge on any atom is -0.437 e. The highest BCUT2D eigenvalue weighted by Gasteiger charge is 2.07. The summed E-state index contributed by atoms with van der Waals surface area (Å²) in [5, 5.41) is 3.93. The van der Waals surface area contributed by atoms with Crippen LogP contribution < -0.4 is 10.1 Å². The lowest BCUT2D eigenvalue weighted by molar-refractivity contribution is 0.450. The minimum atomic E-state index is 0.527. The van der Waals surface area contributed by atoms with Crippen LogP contribution in [0, 0.1) is 6.92 Å². The van der Waals surface area contributed by atoms with Gasteiger partial charge in [-0.1, -0.05) is 18.7 Å². The second-order valence-electron chi connectivity index (χ2n) is 4.19. The number of ether oxygens (including phenoxy) is 1. The topological polar surface area (TPSA) is 59.9 Å². The van der Waals surface area contributed by atoms with E-state index in [1.165, 1.54) is 11.8 Å². The number of nitrogens with one attached hydrogen (secondary N) is 1. The van der Waals surface area contributed by atoms with Crippen LogP contribution in [-0.2, 0) is 0 Å². The van der Waals surface area contributed by atoms with Crippen molar-refractivity contribution in [2.75, 3.05) is 18.1 Å². The standard InChI is InChI=1S/C14H18N4OS/c1-4-7-16-12-9-13(18-14(17-12)20-3)19-11-6-5-8-15-10(11)2/h5-6,8-9H,4,7H2,1-3H3,(H,16,17,18). The molecule has 106 valence electrons. The summed E-state index contributed by atoms with van der Waals surface area (Å²) < 4.78 is 5.81. The summed E-state index contributed by atoms with van der Waals surface area (Å²) in [6.45, 7) is 4.89. The molecular formula is C14H18N4OS. The van der Waals surface area contributed by atoms with Crippen molar-refractivity contribution in [2.45, 2.75) is 25.4 Å². The molecule has 5 nitrogen and oxygen atoms in total. The number of rotatable bonds is 6. The van der Waals surface area contributed by atoms with Crippen LogP contribution in [0.1, 0.15) is 19.0 Å². The van der Waals surface area contributed by atoms with Crippen molar-refractivity contribution in [1.29, 1.82) is 0 Å². The molecule has 0 saturated heterocycles. The fraction of sp³-hybridized carbons (Fsp3) is 0.357. The molecular weight excluding hydrogens is 272 g/mol. The summed E-state index contributed by atoms with van der Waals surface area (Å²) in [5.74, 6) is 2.02. The molecule has 0 aliphatic rings. The largest absolute Gasteiger partial charge is 0.437 e. The van der Waals surface area contributed by atoms with Crippen molar-refractivity contribution >= 4 is 17.6 Å². The quantitative estimate of drug-likeness (QED) is 0.649. The Morgan fingerprint density at radius 3 is 2.90 bits per heavy atom. The molecule has 0 unspecified atom stereocenters. The first kappa shape index (κ1) is 14.6. The average Bonchev–Trinajstić information content (AvgIpc) is 2.47. The summed E-state index contributed by atoms with van der Waals surface area (Å²) in [4.78, 5) is 13.0. The molecule has 0 aliphatic heterocycles. The van der Waals surface area contributed by atoms with E-state index in [-0.39, 0.29) is 0 Å². The van der Waals surface area contributed by atoms with Gasteiger partial charge in [-0.05, 0) is 31.7 Å². The third-order valence-corrected chi connectivity index (χ3v) is 3.14. The Hall–Kier alpha value is -1.82. The smallest absolute Gasteiger partial charge is 0.225 e. The molecule has 0 saturated carbocycles. The molecule has 2 heterocycles. The van der Waals surface area contributed by atoms with Gasteiger partial charge >= 0.3 is 0 Å². The van der Waals surface area contributed by atoms with Crippen molar-refractivity contribution < 1.29 is 4.74 Å². The third kappa shape index (κ3) is 3.84. The second kappa shape index (κ2) is 7.09. The predicted molar refractivity (Wildman–Crippen MR) is 81.6 cm³/mol. The highest BCUT2D eigenvalue weighted by molar-refractivity contribution is 7.98. The fourth-order valence-corrected chi connectivity index (χ4v) is 1.95. The van der Waals surface area contributed by atoms with Gasteiger partial charge in [-0.25, -0.2) is 4.98 Å². The molecule has 0 spiro atoms. The van der Waals surface area contributed by atoms with E-state index < -0.39 is 0 Å². The number of aromatic nitrogens is 3. The number of hydrogen-bond donors (Lipinski definition) is 1. The number of pyridine rings is 1. The lowest BCUT2D eigenvalue weighted by Gasteiger charge is -2.10. The van der Waals surface area contributed by atoms with E-state index >= 15 is 0 Å². The van der Waals surface area contributed by atoms with E-state index in [1.807, 2.05) is 31.4 Å². The monoisotopic (exact) mass is 290 g/mol. The molecule has 2 aromatic heterocycles. The highest BCUT2D eigenvalue weighted by atomic mass is 32.2. The normalized spacial score (nSPS) is 10.3. The van der Waals surface area contributed by atoms with Crippen LogP contribution in [-0.4, -0.2) is 27.8 Å². The van der Waals surface area contributed by atoms with Crippen LogP contribution in [0.3, 0.4) is 0 Å². The molecule has 0 atom stereocenters. The predicted octanol–water partition coefficient (Wildman–Crippen LogP) is 3.52. The molecule has 0 bridgehead atoms. The lowest BCUT2D eigenvalue weighted by Crippen LogP contribution is -2.04. The zero-order valence-corrected chi connectivity index (χ0v) is 12.7. The SMILES string of the molecule is CCCNc1cc(Oc2cccnc2C)nc(SC)n1. The van der Waals surface area contributed by atoms with E-state index in [1.54, 1.807) is 6.20 Å². The summed E-state index contributed by atoms with van der Waals surface area (Å²) >= 11 is 1.49. The lowest BCUT2D eigenvalue weighted by atomic mass is 10.3. The zero-order chi connectivity index (χ0) is 14.4. The van der Waals surface area contributed by atoms with E-state index in [0.29, 0.717) is 16.8 Å². The van der Waals surface area contributed by atoms with Crippen LogP contribution in [0.2, 0.25) is 0 Å². The Kier molecular flexibility index (Phi) is 5.17. The molecule has 0 amide bonds. The van der Waals surface area contributed by atoms with Gasteiger partial charge < -0.3 is 10.1 Å². The van der Waals surface area contributed by atoms with Crippen molar-refractivity contribution in [3.05, 3.63) is 30.1 Å². The van der Waals surface area contributed by atoms with Gasteiger partial charge in [0.15, 0.2) is 10.9 Å². The molecule has 2 rings (SSSR count). The molecule has 1 N–H and O–H groups in total. The summed E-state index contributed by atoms with van der Waals surface area (Å²) in [5.41, 5.74) is 0.833. The molecule has 0 aromatic carbocycles. The molecule has 20 heavy (non-hydrogen) atoms. The molecule has 0 fully saturated rings. The van der Waals surface area contributed by atoms with Crippen molar-refractivity contribution in [3.8, 4) is 11.6 Å². The maximum Gasteiger partial charge on any atom is 0.225 e. The van der Waals surface area contributed by atoms with Gasteiger partial charge in [0.25, 0.3) is 0 Å². The summed E-state index contributed by atoms with van der Waals surface area (Å²) in [6.07, 6.45) is 4.72. The van der Waals surface area contributed by atoms with Crippen molar-refractivity contribution in [3.63, 3.8) is 0 Å². The Labute approximate surface area is 123 Å². The van der Waals surface area contributed by atoms with Crippen LogP contribution in [0.5, 0.6) is 11.6 Å². The highest BCUT2D eigenvalue weighted by Crippen LogP contribution is 2.25. The molecule has 0 aliphatic carbocycles. The van der Waals surface area contributed by atoms with Gasteiger partial charge in [-0.2, -0.15) is 4.98 Å². The Balaban J connectivity index is 2.24. The fourth-order valence-electron chi connectivity index (χ4n) is 1.58. The third-order valence-electron chi connectivity index (χ3n) is 2.59. The van der Waals surface area contributed by atoms with E-state index in [2.05, 4.69) is 27.2 Å². The maximum atomic E-state index is 5.81. The van der Waals surface area contributed by atoms with Gasteiger partial charge in [-0.3, -0.25) is 4.98 Å². The number of aryl methyl sites for hydroxylation is 1.